The molecule has 10 heteroatoms. The van der Waals surface area contributed by atoms with Gasteiger partial charge in [-0.05, 0) is 37.3 Å². The van der Waals surface area contributed by atoms with Gasteiger partial charge in [0.1, 0.15) is 24.2 Å². The summed E-state index contributed by atoms with van der Waals surface area (Å²) in [6, 6.07) is 8.68. The van der Waals surface area contributed by atoms with Crippen molar-refractivity contribution in [1.82, 2.24) is 20.1 Å². The van der Waals surface area contributed by atoms with Gasteiger partial charge in [-0.3, -0.25) is 4.90 Å². The van der Waals surface area contributed by atoms with E-state index in [1.807, 2.05) is 31.2 Å². The topological polar surface area (TPSA) is 116 Å². The van der Waals surface area contributed by atoms with Crippen molar-refractivity contribution in [3.05, 3.63) is 42.4 Å². The zero-order chi connectivity index (χ0) is 19.5. The van der Waals surface area contributed by atoms with Gasteiger partial charge in [-0.15, -0.1) is 0 Å². The van der Waals surface area contributed by atoms with E-state index in [0.717, 1.165) is 11.3 Å². The number of nitrogens with zero attached hydrogens (tertiary/aromatic N) is 5. The number of ether oxygens (including phenoxy) is 2. The van der Waals surface area contributed by atoms with E-state index in [0.29, 0.717) is 36.6 Å². The number of hydrogen-bond acceptors (Lipinski definition) is 9. The van der Waals surface area contributed by atoms with Gasteiger partial charge in [0.15, 0.2) is 0 Å². The van der Waals surface area contributed by atoms with Crippen LogP contribution in [0.1, 0.15) is 18.9 Å². The second kappa shape index (κ2) is 7.51. The summed E-state index contributed by atoms with van der Waals surface area (Å²) in [5.74, 6) is 2.42. The van der Waals surface area contributed by atoms with Gasteiger partial charge in [-0.25, -0.2) is 9.78 Å². The summed E-state index contributed by atoms with van der Waals surface area (Å²) in [6.45, 7) is 2.66. The molecule has 0 saturated carbocycles. The van der Waals surface area contributed by atoms with Crippen LogP contribution in [0, 0.1) is 0 Å². The fraction of sp³-hybridized carbons (Fsp3) is 0.278. The van der Waals surface area contributed by atoms with Crippen molar-refractivity contribution < 1.29 is 18.8 Å². The van der Waals surface area contributed by atoms with Crippen LogP contribution in [0.2, 0.25) is 0 Å². The van der Waals surface area contributed by atoms with E-state index in [1.165, 1.54) is 4.90 Å². The number of cyclic esters (lactones) is 1. The molecular weight excluding hydrogens is 364 g/mol. The predicted molar refractivity (Wildman–Crippen MR) is 99.0 cm³/mol. The molecule has 28 heavy (non-hydrogen) atoms. The minimum absolute atomic E-state index is 0.333. The Hall–Kier alpha value is -3.69. The van der Waals surface area contributed by atoms with Gasteiger partial charge in [0.2, 0.25) is 17.7 Å². The molecule has 1 aliphatic rings. The lowest BCUT2D eigenvalue weighted by Gasteiger charge is -2.14. The SMILES string of the molecule is COc1ccc(-c2noc(C(C)Nc3nccc(N4CCOC4=O)n3)n2)cc1. The summed E-state index contributed by atoms with van der Waals surface area (Å²) in [5, 5.41) is 7.12. The third-order valence-electron chi connectivity index (χ3n) is 4.18. The maximum atomic E-state index is 11.7. The summed E-state index contributed by atoms with van der Waals surface area (Å²) in [7, 11) is 1.61. The first-order valence-electron chi connectivity index (χ1n) is 8.66. The van der Waals surface area contributed by atoms with Gasteiger partial charge < -0.3 is 19.3 Å². The van der Waals surface area contributed by atoms with Crippen LogP contribution in [0.3, 0.4) is 0 Å². The second-order valence-electron chi connectivity index (χ2n) is 6.06. The Morgan fingerprint density at radius 2 is 2.04 bits per heavy atom. The minimum Gasteiger partial charge on any atom is -0.497 e. The van der Waals surface area contributed by atoms with E-state index in [1.54, 1.807) is 19.4 Å². The third kappa shape index (κ3) is 3.56. The van der Waals surface area contributed by atoms with Crippen LogP contribution >= 0.6 is 0 Å². The van der Waals surface area contributed by atoms with Gasteiger partial charge in [-0.2, -0.15) is 9.97 Å². The van der Waals surface area contributed by atoms with Crippen LogP contribution < -0.4 is 15.0 Å². The lowest BCUT2D eigenvalue weighted by Crippen LogP contribution is -2.25. The first-order valence-corrected chi connectivity index (χ1v) is 8.66. The summed E-state index contributed by atoms with van der Waals surface area (Å²) < 4.78 is 15.4. The van der Waals surface area contributed by atoms with E-state index in [2.05, 4.69) is 25.4 Å². The van der Waals surface area contributed by atoms with E-state index in [9.17, 15) is 4.79 Å². The van der Waals surface area contributed by atoms with Crippen molar-refractivity contribution in [2.75, 3.05) is 30.5 Å². The quantitative estimate of drug-likeness (QED) is 0.687. The number of carbonyl (C=O) groups is 1. The lowest BCUT2D eigenvalue weighted by atomic mass is 10.2. The summed E-state index contributed by atoms with van der Waals surface area (Å²) in [4.78, 5) is 26.1. The maximum Gasteiger partial charge on any atom is 0.415 e. The predicted octanol–water partition coefficient (Wildman–Crippen LogP) is 2.66. The second-order valence-corrected chi connectivity index (χ2v) is 6.06. The van der Waals surface area contributed by atoms with Crippen LogP contribution in [0.15, 0.2) is 41.1 Å². The Labute approximate surface area is 160 Å². The molecule has 2 aromatic heterocycles. The van der Waals surface area contributed by atoms with Gasteiger partial charge in [0, 0.05) is 11.8 Å². The molecule has 1 fully saturated rings. The number of benzene rings is 1. The molecule has 0 bridgehead atoms. The van der Waals surface area contributed by atoms with E-state index in [4.69, 9.17) is 14.0 Å². The van der Waals surface area contributed by atoms with Crippen molar-refractivity contribution in [1.29, 1.82) is 0 Å². The first kappa shape index (κ1) is 17.7. The average Bonchev–Trinajstić information content (AvgIpc) is 3.38. The number of methoxy groups -OCH3 is 1. The highest BCUT2D eigenvalue weighted by Crippen LogP contribution is 2.23. The monoisotopic (exact) mass is 382 g/mol. The third-order valence-corrected chi connectivity index (χ3v) is 4.18. The molecule has 0 aliphatic carbocycles. The normalized spacial score (nSPS) is 14.6. The molecule has 3 heterocycles. The van der Waals surface area contributed by atoms with Crippen molar-refractivity contribution in [3.8, 4) is 17.1 Å². The first-order chi connectivity index (χ1) is 13.6. The van der Waals surface area contributed by atoms with Crippen molar-refractivity contribution in [2.45, 2.75) is 13.0 Å². The Balaban J connectivity index is 1.47. The number of aromatic nitrogens is 4. The number of carbonyl (C=O) groups excluding carboxylic acids is 1. The van der Waals surface area contributed by atoms with Crippen LogP contribution in [0.4, 0.5) is 16.6 Å². The van der Waals surface area contributed by atoms with Crippen LogP contribution in [0.25, 0.3) is 11.4 Å². The lowest BCUT2D eigenvalue weighted by molar-refractivity contribution is 0.181. The van der Waals surface area contributed by atoms with Gasteiger partial charge >= 0.3 is 6.09 Å². The molecule has 1 amide bonds. The van der Waals surface area contributed by atoms with Crippen LogP contribution in [-0.2, 0) is 4.74 Å². The zero-order valence-corrected chi connectivity index (χ0v) is 15.3. The number of hydrogen-bond donors (Lipinski definition) is 1. The Morgan fingerprint density at radius 3 is 2.75 bits per heavy atom. The summed E-state index contributed by atoms with van der Waals surface area (Å²) in [6.07, 6.45) is 1.15. The smallest absolute Gasteiger partial charge is 0.415 e. The number of nitrogens with one attached hydrogen (secondary N) is 1. The number of amides is 1. The largest absolute Gasteiger partial charge is 0.497 e. The summed E-state index contributed by atoms with van der Waals surface area (Å²) in [5.41, 5.74) is 0.814. The fourth-order valence-corrected chi connectivity index (χ4v) is 2.69. The molecule has 1 atom stereocenters. The zero-order valence-electron chi connectivity index (χ0n) is 15.3. The molecule has 1 N–H and O–H groups in total. The average molecular weight is 382 g/mol. The minimum atomic E-state index is -0.418. The van der Waals surface area contributed by atoms with E-state index >= 15 is 0 Å². The van der Waals surface area contributed by atoms with Crippen LogP contribution in [-0.4, -0.2) is 46.5 Å². The Kier molecular flexibility index (Phi) is 4.75. The van der Waals surface area contributed by atoms with Crippen LogP contribution in [0.5, 0.6) is 5.75 Å². The molecule has 1 saturated heterocycles. The standard InChI is InChI=1S/C18H18N6O4/c1-11(16-22-15(23-28-16)12-3-5-13(26-2)6-4-12)20-17-19-8-7-14(21-17)24-9-10-27-18(24)25/h3-8,11H,9-10H2,1-2H3,(H,19,20,21). The number of anilines is 2. The molecule has 10 nitrogen and oxygen atoms in total. The number of rotatable bonds is 6. The maximum absolute atomic E-state index is 11.7. The van der Waals surface area contributed by atoms with Gasteiger partial charge in [0.25, 0.3) is 0 Å². The van der Waals surface area contributed by atoms with E-state index in [-0.39, 0.29) is 6.04 Å². The molecule has 144 valence electrons. The summed E-state index contributed by atoms with van der Waals surface area (Å²) >= 11 is 0. The molecule has 0 radical (unpaired) electrons. The van der Waals surface area contributed by atoms with Gasteiger partial charge in [0.05, 0.1) is 13.7 Å². The Morgan fingerprint density at radius 1 is 1.21 bits per heavy atom. The molecule has 4 rings (SSSR count). The fourth-order valence-electron chi connectivity index (χ4n) is 2.69. The van der Waals surface area contributed by atoms with Gasteiger partial charge in [-0.1, -0.05) is 5.16 Å². The highest BCUT2D eigenvalue weighted by atomic mass is 16.6. The molecule has 1 aromatic carbocycles. The highest BCUT2D eigenvalue weighted by molar-refractivity contribution is 5.88. The molecule has 3 aromatic rings. The Bertz CT molecular complexity index is 974. The van der Waals surface area contributed by atoms with Crippen molar-refractivity contribution >= 4 is 17.9 Å². The molecule has 1 unspecified atom stereocenters. The van der Waals surface area contributed by atoms with E-state index < -0.39 is 6.09 Å². The highest BCUT2D eigenvalue weighted by Gasteiger charge is 2.25. The van der Waals surface area contributed by atoms with Crippen molar-refractivity contribution in [3.63, 3.8) is 0 Å². The molecular formula is C18H18N6O4. The van der Waals surface area contributed by atoms with Crippen molar-refractivity contribution in [2.24, 2.45) is 0 Å². The molecule has 1 aliphatic heterocycles. The molecule has 0 spiro atoms.